The summed E-state index contributed by atoms with van der Waals surface area (Å²) in [6, 6.07) is 19.4. The van der Waals surface area contributed by atoms with Crippen molar-refractivity contribution in [3.8, 4) is 11.1 Å². The van der Waals surface area contributed by atoms with Gasteiger partial charge in [0.15, 0.2) is 0 Å². The molecule has 0 unspecified atom stereocenters. The molecule has 1 radical (unpaired) electrons. The van der Waals surface area contributed by atoms with Crippen LogP contribution in [0.3, 0.4) is 0 Å². The quantitative estimate of drug-likeness (QED) is 0.448. The highest BCUT2D eigenvalue weighted by Gasteiger charge is 2.52. The van der Waals surface area contributed by atoms with Crippen LogP contribution in [0.25, 0.3) is 21.9 Å². The SMILES string of the molecule is CCNC(=O)c1[c]ccc2cc(-c3ccc(C(=O)OC)c(C45CC6CC(CC(C6)C4)C5)c3)ccc12. The van der Waals surface area contributed by atoms with Crippen molar-refractivity contribution in [2.75, 3.05) is 13.7 Å². The number of carbonyl (C=O) groups excluding carboxylic acids is 2. The molecular formula is C31H32NO3. The van der Waals surface area contributed by atoms with E-state index in [2.05, 4.69) is 29.6 Å². The van der Waals surface area contributed by atoms with Crippen LogP contribution in [-0.2, 0) is 10.2 Å². The molecule has 3 aromatic rings. The van der Waals surface area contributed by atoms with Crippen LogP contribution in [0, 0.1) is 23.8 Å². The van der Waals surface area contributed by atoms with Gasteiger partial charge in [-0.1, -0.05) is 30.3 Å². The lowest BCUT2D eigenvalue weighted by molar-refractivity contribution is -0.00591. The normalized spacial score (nSPS) is 26.6. The van der Waals surface area contributed by atoms with Gasteiger partial charge in [-0.2, -0.15) is 0 Å². The molecule has 0 spiro atoms. The second-order valence-corrected chi connectivity index (χ2v) is 11.0. The van der Waals surface area contributed by atoms with Crippen molar-refractivity contribution in [3.05, 3.63) is 71.3 Å². The van der Waals surface area contributed by atoms with Gasteiger partial charge in [0.05, 0.1) is 18.2 Å². The summed E-state index contributed by atoms with van der Waals surface area (Å²) in [4.78, 5) is 25.3. The highest BCUT2D eigenvalue weighted by molar-refractivity contribution is 6.07. The van der Waals surface area contributed by atoms with E-state index in [0.717, 1.165) is 45.2 Å². The predicted octanol–water partition coefficient (Wildman–Crippen LogP) is 6.31. The molecular weight excluding hydrogens is 434 g/mol. The van der Waals surface area contributed by atoms with Crippen LogP contribution >= 0.6 is 0 Å². The minimum absolute atomic E-state index is 0.0888. The summed E-state index contributed by atoms with van der Waals surface area (Å²) in [6.45, 7) is 2.50. The zero-order valence-electron chi connectivity index (χ0n) is 20.5. The molecule has 4 saturated carbocycles. The average Bonchev–Trinajstić information content (AvgIpc) is 2.86. The van der Waals surface area contributed by atoms with Crippen LogP contribution in [0.4, 0.5) is 0 Å². The van der Waals surface area contributed by atoms with Gasteiger partial charge in [-0.25, -0.2) is 4.79 Å². The first kappa shape index (κ1) is 22.3. The summed E-state index contributed by atoms with van der Waals surface area (Å²) in [6.07, 6.45) is 7.66. The number of esters is 1. The van der Waals surface area contributed by atoms with E-state index in [0.29, 0.717) is 12.1 Å². The molecule has 0 saturated heterocycles. The average molecular weight is 467 g/mol. The Balaban J connectivity index is 1.45. The fraction of sp³-hybridized carbons (Fsp3) is 0.419. The van der Waals surface area contributed by atoms with Crippen molar-refractivity contribution in [1.29, 1.82) is 0 Å². The molecule has 4 fully saturated rings. The number of benzene rings is 3. The van der Waals surface area contributed by atoms with Crippen LogP contribution in [0.5, 0.6) is 0 Å². The summed E-state index contributed by atoms with van der Waals surface area (Å²) < 4.78 is 5.22. The number of methoxy groups -OCH3 is 1. The maximum Gasteiger partial charge on any atom is 0.338 e. The molecule has 179 valence electrons. The number of hydrogen-bond acceptors (Lipinski definition) is 3. The van der Waals surface area contributed by atoms with Gasteiger partial charge in [-0.3, -0.25) is 4.79 Å². The van der Waals surface area contributed by atoms with Crippen molar-refractivity contribution in [2.24, 2.45) is 17.8 Å². The number of carbonyl (C=O) groups is 2. The van der Waals surface area contributed by atoms with Gasteiger partial charge in [-0.05, 0) is 120 Å². The minimum atomic E-state index is -0.233. The number of ether oxygens (including phenoxy) is 1. The molecule has 1 N–H and O–H groups in total. The van der Waals surface area contributed by atoms with E-state index in [1.807, 2.05) is 37.3 Å². The van der Waals surface area contributed by atoms with Gasteiger partial charge in [0.2, 0.25) is 0 Å². The molecule has 1 amide bonds. The van der Waals surface area contributed by atoms with E-state index >= 15 is 0 Å². The summed E-state index contributed by atoms with van der Waals surface area (Å²) in [5.41, 5.74) is 4.78. The standard InChI is InChI=1S/C31H32NO3/c1-3-32-29(33)26-6-4-5-24-14-22(7-9-25(24)26)23-8-10-27(30(34)35-2)28(15-23)31-16-19-11-20(17-31)13-21(12-19)18-31/h4-5,7-10,14-15,19-21H,3,11-13,16-18H2,1-2H3,(H,32,33). The van der Waals surface area contributed by atoms with E-state index < -0.39 is 0 Å². The fourth-order valence-corrected chi connectivity index (χ4v) is 7.73. The lowest BCUT2D eigenvalue weighted by Crippen LogP contribution is -2.49. The topological polar surface area (TPSA) is 55.4 Å². The predicted molar refractivity (Wildman–Crippen MR) is 137 cm³/mol. The number of nitrogens with one attached hydrogen (secondary N) is 1. The second kappa shape index (κ2) is 8.51. The zero-order valence-corrected chi connectivity index (χ0v) is 20.5. The van der Waals surface area contributed by atoms with Gasteiger partial charge >= 0.3 is 5.97 Å². The first-order valence-electron chi connectivity index (χ1n) is 13.0. The molecule has 0 heterocycles. The Hall–Kier alpha value is -3.14. The van der Waals surface area contributed by atoms with E-state index in [4.69, 9.17) is 4.74 Å². The third-order valence-electron chi connectivity index (χ3n) is 8.74. The molecule has 7 rings (SSSR count). The Kier molecular flexibility index (Phi) is 5.43. The fourth-order valence-electron chi connectivity index (χ4n) is 7.73. The third kappa shape index (κ3) is 3.74. The van der Waals surface area contributed by atoms with Crippen LogP contribution in [-0.4, -0.2) is 25.5 Å². The Labute approximate surface area is 207 Å². The van der Waals surface area contributed by atoms with Gasteiger partial charge in [0.1, 0.15) is 0 Å². The van der Waals surface area contributed by atoms with Gasteiger partial charge in [-0.15, -0.1) is 0 Å². The van der Waals surface area contributed by atoms with E-state index in [-0.39, 0.29) is 17.3 Å². The van der Waals surface area contributed by atoms with Crippen LogP contribution in [0.1, 0.15) is 71.7 Å². The van der Waals surface area contributed by atoms with E-state index in [1.54, 1.807) is 0 Å². The summed E-state index contributed by atoms with van der Waals surface area (Å²) >= 11 is 0. The number of hydrogen-bond donors (Lipinski definition) is 1. The van der Waals surface area contributed by atoms with Crippen molar-refractivity contribution in [3.63, 3.8) is 0 Å². The minimum Gasteiger partial charge on any atom is -0.465 e. The Morgan fingerprint density at radius 3 is 2.29 bits per heavy atom. The number of amides is 1. The van der Waals surface area contributed by atoms with Crippen molar-refractivity contribution < 1.29 is 14.3 Å². The smallest absolute Gasteiger partial charge is 0.338 e. The van der Waals surface area contributed by atoms with Crippen LogP contribution in [0.15, 0.2) is 48.5 Å². The molecule has 4 nitrogen and oxygen atoms in total. The molecule has 4 heteroatoms. The first-order chi connectivity index (χ1) is 17.0. The second-order valence-electron chi connectivity index (χ2n) is 11.0. The highest BCUT2D eigenvalue weighted by Crippen LogP contribution is 2.61. The molecule has 4 aliphatic carbocycles. The molecule has 4 aliphatic rings. The lowest BCUT2D eigenvalue weighted by Gasteiger charge is -2.57. The van der Waals surface area contributed by atoms with Crippen molar-refractivity contribution in [1.82, 2.24) is 5.32 Å². The van der Waals surface area contributed by atoms with Crippen molar-refractivity contribution in [2.45, 2.75) is 50.9 Å². The Bertz CT molecular complexity index is 1290. The molecule has 3 aromatic carbocycles. The summed E-state index contributed by atoms with van der Waals surface area (Å²) in [5.74, 6) is 2.04. The van der Waals surface area contributed by atoms with Crippen molar-refractivity contribution >= 4 is 22.6 Å². The molecule has 0 aromatic heterocycles. The third-order valence-corrected chi connectivity index (χ3v) is 8.74. The summed E-state index contributed by atoms with van der Waals surface area (Å²) in [7, 11) is 1.48. The van der Waals surface area contributed by atoms with Crippen LogP contribution < -0.4 is 5.32 Å². The Morgan fingerprint density at radius 2 is 1.63 bits per heavy atom. The zero-order chi connectivity index (χ0) is 24.2. The lowest BCUT2D eigenvalue weighted by atomic mass is 9.47. The maximum absolute atomic E-state index is 12.8. The summed E-state index contributed by atoms with van der Waals surface area (Å²) in [5, 5.41) is 4.79. The maximum atomic E-state index is 12.8. The molecule has 0 atom stereocenters. The first-order valence-corrected chi connectivity index (χ1v) is 13.0. The van der Waals surface area contributed by atoms with Gasteiger partial charge in [0.25, 0.3) is 5.91 Å². The number of fused-ring (bicyclic) bond motifs is 1. The highest BCUT2D eigenvalue weighted by atomic mass is 16.5. The molecule has 0 aliphatic heterocycles. The molecule has 35 heavy (non-hydrogen) atoms. The van der Waals surface area contributed by atoms with E-state index in [1.165, 1.54) is 51.2 Å². The van der Waals surface area contributed by atoms with Gasteiger partial charge in [0, 0.05) is 6.54 Å². The van der Waals surface area contributed by atoms with E-state index in [9.17, 15) is 9.59 Å². The number of rotatable bonds is 5. The molecule has 4 bridgehead atoms. The largest absolute Gasteiger partial charge is 0.465 e. The Morgan fingerprint density at radius 1 is 0.971 bits per heavy atom. The van der Waals surface area contributed by atoms with Crippen LogP contribution in [0.2, 0.25) is 0 Å². The monoisotopic (exact) mass is 466 g/mol. The van der Waals surface area contributed by atoms with Gasteiger partial charge < -0.3 is 10.1 Å².